The molecule has 0 radical (unpaired) electrons. The summed E-state index contributed by atoms with van der Waals surface area (Å²) in [6.45, 7) is 3.00. The molecule has 0 aromatic rings. The SMILES string of the molecule is CC(O)(CNC1CC1)COC1CCCCCC1. The number of hydrogen-bond donors (Lipinski definition) is 2. The van der Waals surface area contributed by atoms with Crippen LogP contribution in [0.15, 0.2) is 0 Å². The van der Waals surface area contributed by atoms with Gasteiger partial charge in [-0.2, -0.15) is 0 Å². The van der Waals surface area contributed by atoms with Crippen molar-refractivity contribution < 1.29 is 9.84 Å². The third kappa shape index (κ3) is 5.36. The third-order valence-electron chi connectivity index (χ3n) is 3.78. The molecule has 2 fully saturated rings. The second-order valence-electron chi connectivity index (χ2n) is 6.08. The largest absolute Gasteiger partial charge is 0.386 e. The van der Waals surface area contributed by atoms with Gasteiger partial charge in [-0.1, -0.05) is 25.7 Å². The Balaban J connectivity index is 1.63. The summed E-state index contributed by atoms with van der Waals surface area (Å²) in [6.07, 6.45) is 10.5. The maximum Gasteiger partial charge on any atom is 0.0975 e. The van der Waals surface area contributed by atoms with E-state index in [4.69, 9.17) is 4.74 Å². The van der Waals surface area contributed by atoms with Gasteiger partial charge in [0, 0.05) is 12.6 Å². The van der Waals surface area contributed by atoms with Crippen LogP contribution in [0.5, 0.6) is 0 Å². The van der Waals surface area contributed by atoms with Crippen LogP contribution in [0.1, 0.15) is 58.3 Å². The van der Waals surface area contributed by atoms with E-state index in [9.17, 15) is 5.11 Å². The van der Waals surface area contributed by atoms with Crippen molar-refractivity contribution >= 4 is 0 Å². The maximum atomic E-state index is 10.2. The maximum absolute atomic E-state index is 10.2. The first-order chi connectivity index (χ1) is 8.16. The summed E-state index contributed by atoms with van der Waals surface area (Å²) in [5, 5.41) is 13.6. The molecule has 0 spiro atoms. The lowest BCUT2D eigenvalue weighted by Gasteiger charge is -2.26. The van der Waals surface area contributed by atoms with E-state index in [-0.39, 0.29) is 0 Å². The minimum atomic E-state index is -0.713. The van der Waals surface area contributed by atoms with Gasteiger partial charge >= 0.3 is 0 Å². The Morgan fingerprint density at radius 2 is 1.76 bits per heavy atom. The fraction of sp³-hybridized carbons (Fsp3) is 1.00. The topological polar surface area (TPSA) is 41.5 Å². The Morgan fingerprint density at radius 3 is 2.35 bits per heavy atom. The number of nitrogens with one attached hydrogen (secondary N) is 1. The Kier molecular flexibility index (Phi) is 4.83. The zero-order valence-corrected chi connectivity index (χ0v) is 11.1. The summed E-state index contributed by atoms with van der Waals surface area (Å²) in [5.74, 6) is 0. The molecule has 0 aliphatic heterocycles. The molecule has 2 N–H and O–H groups in total. The van der Waals surface area contributed by atoms with Crippen LogP contribution in [-0.2, 0) is 4.74 Å². The van der Waals surface area contributed by atoms with Crippen LogP contribution in [0, 0.1) is 0 Å². The summed E-state index contributed by atoms with van der Waals surface area (Å²) >= 11 is 0. The van der Waals surface area contributed by atoms with Gasteiger partial charge in [-0.15, -0.1) is 0 Å². The average molecular weight is 241 g/mol. The fourth-order valence-electron chi connectivity index (χ4n) is 2.41. The molecule has 0 aromatic heterocycles. The summed E-state index contributed by atoms with van der Waals surface area (Å²) in [6, 6.07) is 0.652. The normalized spacial score (nSPS) is 26.5. The molecule has 0 amide bonds. The first-order valence-corrected chi connectivity index (χ1v) is 7.23. The van der Waals surface area contributed by atoms with Crippen molar-refractivity contribution in [2.45, 2.75) is 76.0 Å². The molecule has 0 bridgehead atoms. The van der Waals surface area contributed by atoms with Crippen molar-refractivity contribution in [2.24, 2.45) is 0 Å². The zero-order valence-electron chi connectivity index (χ0n) is 11.1. The summed E-state index contributed by atoms with van der Waals surface area (Å²) in [4.78, 5) is 0. The van der Waals surface area contributed by atoms with Crippen LogP contribution in [0.2, 0.25) is 0 Å². The highest BCUT2D eigenvalue weighted by atomic mass is 16.5. The molecule has 0 saturated heterocycles. The molecule has 1 unspecified atom stereocenters. The molecule has 2 saturated carbocycles. The van der Waals surface area contributed by atoms with Crippen molar-refractivity contribution in [3.63, 3.8) is 0 Å². The Labute approximate surface area is 105 Å². The zero-order chi connectivity index (χ0) is 12.1. The molecule has 0 heterocycles. The van der Waals surface area contributed by atoms with Gasteiger partial charge in [-0.3, -0.25) is 0 Å². The van der Waals surface area contributed by atoms with Crippen LogP contribution >= 0.6 is 0 Å². The number of rotatable bonds is 6. The lowest BCUT2D eigenvalue weighted by Crippen LogP contribution is -2.43. The van der Waals surface area contributed by atoms with Crippen molar-refractivity contribution in [1.29, 1.82) is 0 Å². The number of aliphatic hydroxyl groups is 1. The summed E-state index contributed by atoms with van der Waals surface area (Å²) in [7, 11) is 0. The van der Waals surface area contributed by atoms with E-state index < -0.39 is 5.60 Å². The molecule has 3 nitrogen and oxygen atoms in total. The molecule has 100 valence electrons. The molecular weight excluding hydrogens is 214 g/mol. The highest BCUT2D eigenvalue weighted by molar-refractivity contribution is 4.85. The van der Waals surface area contributed by atoms with Crippen LogP contribution in [0.3, 0.4) is 0 Å². The van der Waals surface area contributed by atoms with Gasteiger partial charge < -0.3 is 15.2 Å². The molecule has 2 aliphatic rings. The van der Waals surface area contributed by atoms with Crippen LogP contribution < -0.4 is 5.32 Å². The van der Waals surface area contributed by atoms with E-state index in [1.807, 2.05) is 6.92 Å². The Bertz CT molecular complexity index is 218. The van der Waals surface area contributed by atoms with Gasteiger partial charge in [0.15, 0.2) is 0 Å². The van der Waals surface area contributed by atoms with E-state index >= 15 is 0 Å². The number of ether oxygens (including phenoxy) is 1. The van der Waals surface area contributed by atoms with Crippen LogP contribution in [-0.4, -0.2) is 36.0 Å². The van der Waals surface area contributed by atoms with Gasteiger partial charge in [-0.05, 0) is 32.6 Å². The first kappa shape index (κ1) is 13.3. The van der Waals surface area contributed by atoms with Crippen molar-refractivity contribution in [1.82, 2.24) is 5.32 Å². The molecule has 0 aromatic carbocycles. The first-order valence-electron chi connectivity index (χ1n) is 7.23. The second kappa shape index (κ2) is 6.17. The van der Waals surface area contributed by atoms with E-state index in [0.717, 1.165) is 0 Å². The van der Waals surface area contributed by atoms with E-state index in [1.54, 1.807) is 0 Å². The second-order valence-corrected chi connectivity index (χ2v) is 6.08. The Morgan fingerprint density at radius 1 is 1.12 bits per heavy atom. The predicted octanol–water partition coefficient (Wildman–Crippen LogP) is 2.23. The van der Waals surface area contributed by atoms with E-state index in [1.165, 1.54) is 51.4 Å². The van der Waals surface area contributed by atoms with Crippen molar-refractivity contribution in [3.8, 4) is 0 Å². The summed E-state index contributed by atoms with van der Waals surface area (Å²) < 4.78 is 5.89. The standard InChI is InChI=1S/C14H27NO2/c1-14(16,10-15-12-8-9-12)11-17-13-6-4-2-3-5-7-13/h12-13,15-16H,2-11H2,1H3. The van der Waals surface area contributed by atoms with E-state index in [0.29, 0.717) is 25.3 Å². The van der Waals surface area contributed by atoms with Gasteiger partial charge in [0.2, 0.25) is 0 Å². The molecule has 1 atom stereocenters. The lowest BCUT2D eigenvalue weighted by molar-refractivity contribution is -0.0651. The molecule has 3 heteroatoms. The van der Waals surface area contributed by atoms with Crippen LogP contribution in [0.4, 0.5) is 0 Å². The highest BCUT2D eigenvalue weighted by Gasteiger charge is 2.27. The van der Waals surface area contributed by atoms with Gasteiger partial charge in [-0.25, -0.2) is 0 Å². The lowest BCUT2D eigenvalue weighted by atomic mass is 10.1. The minimum absolute atomic E-state index is 0.380. The highest BCUT2D eigenvalue weighted by Crippen LogP contribution is 2.22. The predicted molar refractivity (Wildman–Crippen MR) is 69.1 cm³/mol. The van der Waals surface area contributed by atoms with Gasteiger partial charge in [0.05, 0.1) is 18.3 Å². The molecular formula is C14H27NO2. The third-order valence-corrected chi connectivity index (χ3v) is 3.78. The quantitative estimate of drug-likeness (QED) is 0.701. The Hall–Kier alpha value is -0.120. The molecule has 2 rings (SSSR count). The van der Waals surface area contributed by atoms with Crippen molar-refractivity contribution in [2.75, 3.05) is 13.2 Å². The average Bonchev–Trinajstić information content (AvgIpc) is 3.12. The monoisotopic (exact) mass is 241 g/mol. The number of hydrogen-bond acceptors (Lipinski definition) is 3. The van der Waals surface area contributed by atoms with Gasteiger partial charge in [0.25, 0.3) is 0 Å². The molecule has 17 heavy (non-hydrogen) atoms. The van der Waals surface area contributed by atoms with Crippen LogP contribution in [0.25, 0.3) is 0 Å². The smallest absolute Gasteiger partial charge is 0.0975 e. The van der Waals surface area contributed by atoms with Gasteiger partial charge in [0.1, 0.15) is 0 Å². The fourth-order valence-corrected chi connectivity index (χ4v) is 2.41. The summed E-state index contributed by atoms with van der Waals surface area (Å²) in [5.41, 5.74) is -0.713. The minimum Gasteiger partial charge on any atom is -0.386 e. The van der Waals surface area contributed by atoms with E-state index in [2.05, 4.69) is 5.32 Å². The van der Waals surface area contributed by atoms with Crippen molar-refractivity contribution in [3.05, 3.63) is 0 Å². The molecule has 2 aliphatic carbocycles.